The van der Waals surface area contributed by atoms with Crippen molar-refractivity contribution in [3.05, 3.63) is 78.1 Å². The van der Waals surface area contributed by atoms with Crippen LogP contribution in [0.4, 0.5) is 14.5 Å². The summed E-state index contributed by atoms with van der Waals surface area (Å²) in [4.78, 5) is 8.79. The van der Waals surface area contributed by atoms with Gasteiger partial charge in [-0.05, 0) is 61.0 Å². The van der Waals surface area contributed by atoms with Crippen molar-refractivity contribution < 1.29 is 21.9 Å². The molecule has 5 rings (SSSR count). The SMILES string of the molecule is CCS(=O)(=O)Nc1cc(-c2ccc(F)cc2F)cc(-n2cnc3cc(C4=NCCO4)ccc32)c1. The Labute approximate surface area is 194 Å². The Kier molecular flexibility index (Phi) is 5.52. The van der Waals surface area contributed by atoms with Crippen LogP contribution < -0.4 is 4.72 Å². The Bertz CT molecular complexity index is 1550. The number of halogens is 2. The molecule has 4 aromatic rings. The van der Waals surface area contributed by atoms with Crippen LogP contribution in [0.2, 0.25) is 0 Å². The van der Waals surface area contributed by atoms with Gasteiger partial charge in [0.25, 0.3) is 0 Å². The molecule has 1 aliphatic heterocycles. The minimum Gasteiger partial charge on any atom is -0.476 e. The lowest BCUT2D eigenvalue weighted by atomic mass is 10.0. The van der Waals surface area contributed by atoms with E-state index in [0.717, 1.165) is 23.2 Å². The van der Waals surface area contributed by atoms with E-state index in [-0.39, 0.29) is 17.0 Å². The van der Waals surface area contributed by atoms with Crippen LogP contribution >= 0.6 is 0 Å². The molecule has 0 radical (unpaired) electrons. The lowest BCUT2D eigenvalue weighted by Crippen LogP contribution is -2.15. The third-order valence-electron chi connectivity index (χ3n) is 5.47. The molecular formula is C24H20F2N4O3S. The van der Waals surface area contributed by atoms with Gasteiger partial charge in [0.15, 0.2) is 0 Å². The van der Waals surface area contributed by atoms with E-state index in [1.54, 1.807) is 23.0 Å². The number of sulfonamides is 1. The van der Waals surface area contributed by atoms with Gasteiger partial charge in [0.2, 0.25) is 15.9 Å². The lowest BCUT2D eigenvalue weighted by Gasteiger charge is -2.14. The van der Waals surface area contributed by atoms with Crippen LogP contribution in [0, 0.1) is 11.6 Å². The molecule has 10 heteroatoms. The summed E-state index contributed by atoms with van der Waals surface area (Å²) in [5.41, 5.74) is 3.59. The van der Waals surface area contributed by atoms with Gasteiger partial charge in [-0.15, -0.1) is 0 Å². The fraction of sp³-hybridized carbons (Fsp3) is 0.167. The molecule has 1 N–H and O–H groups in total. The monoisotopic (exact) mass is 482 g/mol. The highest BCUT2D eigenvalue weighted by atomic mass is 32.2. The summed E-state index contributed by atoms with van der Waals surface area (Å²) in [5, 5.41) is 0. The first-order chi connectivity index (χ1) is 16.3. The molecule has 0 aliphatic carbocycles. The van der Waals surface area contributed by atoms with Gasteiger partial charge < -0.3 is 4.74 Å². The van der Waals surface area contributed by atoms with Gasteiger partial charge >= 0.3 is 0 Å². The number of nitrogens with zero attached hydrogens (tertiary/aromatic N) is 3. The summed E-state index contributed by atoms with van der Waals surface area (Å²) in [6, 6.07) is 13.7. The van der Waals surface area contributed by atoms with Gasteiger partial charge in [-0.25, -0.2) is 27.2 Å². The predicted molar refractivity (Wildman–Crippen MR) is 127 cm³/mol. The molecular weight excluding hydrogens is 462 g/mol. The van der Waals surface area contributed by atoms with Gasteiger partial charge in [0.05, 0.1) is 29.0 Å². The number of fused-ring (bicyclic) bond motifs is 1. The minimum atomic E-state index is -3.59. The first-order valence-electron chi connectivity index (χ1n) is 10.6. The highest BCUT2D eigenvalue weighted by Gasteiger charge is 2.16. The summed E-state index contributed by atoms with van der Waals surface area (Å²) in [6.45, 7) is 2.68. The highest BCUT2D eigenvalue weighted by molar-refractivity contribution is 7.92. The first-order valence-corrected chi connectivity index (χ1v) is 12.2. The summed E-state index contributed by atoms with van der Waals surface area (Å²) >= 11 is 0. The number of imidazole rings is 1. The topological polar surface area (TPSA) is 85.6 Å². The maximum absolute atomic E-state index is 14.6. The predicted octanol–water partition coefficient (Wildman–Crippen LogP) is 4.51. The number of hydrogen-bond donors (Lipinski definition) is 1. The highest BCUT2D eigenvalue weighted by Crippen LogP contribution is 2.31. The second kappa shape index (κ2) is 8.53. The number of nitrogens with one attached hydrogen (secondary N) is 1. The third kappa shape index (κ3) is 4.24. The van der Waals surface area contributed by atoms with E-state index >= 15 is 0 Å². The van der Waals surface area contributed by atoms with Crippen molar-refractivity contribution in [3.63, 3.8) is 0 Å². The molecule has 0 amide bonds. The van der Waals surface area contributed by atoms with Gasteiger partial charge in [-0.2, -0.15) is 0 Å². The van der Waals surface area contributed by atoms with Crippen LogP contribution in [0.5, 0.6) is 0 Å². The van der Waals surface area contributed by atoms with Crippen molar-refractivity contribution in [2.75, 3.05) is 23.6 Å². The zero-order chi connectivity index (χ0) is 23.9. The normalized spacial score (nSPS) is 13.7. The molecule has 0 spiro atoms. The van der Waals surface area contributed by atoms with Gasteiger partial charge in [0, 0.05) is 22.9 Å². The summed E-state index contributed by atoms with van der Waals surface area (Å²) < 4.78 is 62.3. The van der Waals surface area contributed by atoms with Crippen LogP contribution in [0.1, 0.15) is 12.5 Å². The van der Waals surface area contributed by atoms with Gasteiger partial charge in [0.1, 0.15) is 24.6 Å². The van der Waals surface area contributed by atoms with Crippen LogP contribution in [0.25, 0.3) is 27.8 Å². The summed E-state index contributed by atoms with van der Waals surface area (Å²) in [5.74, 6) is -1.00. The molecule has 3 aromatic carbocycles. The Morgan fingerprint density at radius 2 is 1.91 bits per heavy atom. The molecule has 2 heterocycles. The molecule has 34 heavy (non-hydrogen) atoms. The fourth-order valence-electron chi connectivity index (χ4n) is 3.80. The molecule has 1 aromatic heterocycles. The second-order valence-corrected chi connectivity index (χ2v) is 9.76. The van der Waals surface area contributed by atoms with E-state index in [1.807, 2.05) is 18.2 Å². The Morgan fingerprint density at radius 3 is 2.65 bits per heavy atom. The first kappa shape index (κ1) is 22.0. The fourth-order valence-corrected chi connectivity index (χ4v) is 4.42. The average molecular weight is 483 g/mol. The number of benzene rings is 3. The van der Waals surface area contributed by atoms with Crippen LogP contribution in [-0.2, 0) is 14.8 Å². The molecule has 0 atom stereocenters. The van der Waals surface area contributed by atoms with Crippen LogP contribution in [-0.4, -0.2) is 42.8 Å². The number of ether oxygens (including phenoxy) is 1. The molecule has 0 unspecified atom stereocenters. The second-order valence-electron chi connectivity index (χ2n) is 7.75. The van der Waals surface area contributed by atoms with E-state index in [1.165, 1.54) is 19.1 Å². The zero-order valence-electron chi connectivity index (χ0n) is 18.1. The Morgan fingerprint density at radius 1 is 1.06 bits per heavy atom. The van der Waals surface area contributed by atoms with Crippen molar-refractivity contribution in [2.24, 2.45) is 4.99 Å². The average Bonchev–Trinajstić information content (AvgIpc) is 3.48. The Hall–Kier alpha value is -3.79. The van der Waals surface area contributed by atoms with Crippen molar-refractivity contribution in [1.82, 2.24) is 9.55 Å². The molecule has 0 saturated heterocycles. The molecule has 174 valence electrons. The smallest absolute Gasteiger partial charge is 0.232 e. The van der Waals surface area contributed by atoms with Gasteiger partial charge in [-0.3, -0.25) is 9.29 Å². The standard InChI is InChI=1S/C24H20F2N4O3S/c1-2-34(31,32)29-18-9-16(20-5-4-17(25)12-21(20)26)10-19(13-18)30-14-28-22-11-15(3-6-23(22)30)24-27-7-8-33-24/h3-6,9-14,29H,2,7-8H2,1H3. The van der Waals surface area contributed by atoms with Crippen LogP contribution in [0.3, 0.4) is 0 Å². The van der Waals surface area contributed by atoms with Crippen molar-refractivity contribution in [2.45, 2.75) is 6.92 Å². The van der Waals surface area contributed by atoms with Gasteiger partial charge in [-0.1, -0.05) is 0 Å². The quantitative estimate of drug-likeness (QED) is 0.438. The van der Waals surface area contributed by atoms with Crippen LogP contribution in [0.15, 0.2) is 65.9 Å². The number of aliphatic imine (C=N–C) groups is 1. The maximum Gasteiger partial charge on any atom is 0.232 e. The van der Waals surface area contributed by atoms with Crippen molar-refractivity contribution >= 4 is 32.6 Å². The molecule has 7 nitrogen and oxygen atoms in total. The summed E-state index contributed by atoms with van der Waals surface area (Å²) in [7, 11) is -3.59. The maximum atomic E-state index is 14.6. The molecule has 0 saturated carbocycles. The zero-order valence-corrected chi connectivity index (χ0v) is 18.9. The van der Waals surface area contributed by atoms with E-state index < -0.39 is 21.7 Å². The molecule has 1 aliphatic rings. The Balaban J connectivity index is 1.64. The number of anilines is 1. The van der Waals surface area contributed by atoms with E-state index in [4.69, 9.17) is 4.74 Å². The van der Waals surface area contributed by atoms with E-state index in [9.17, 15) is 17.2 Å². The largest absolute Gasteiger partial charge is 0.476 e. The third-order valence-corrected chi connectivity index (χ3v) is 6.78. The number of aromatic nitrogens is 2. The van der Waals surface area contributed by atoms with Crippen molar-refractivity contribution in [1.29, 1.82) is 0 Å². The summed E-state index contributed by atoms with van der Waals surface area (Å²) in [6.07, 6.45) is 1.60. The minimum absolute atomic E-state index is 0.125. The lowest BCUT2D eigenvalue weighted by molar-refractivity contribution is 0.348. The van der Waals surface area contributed by atoms with E-state index in [0.29, 0.717) is 35.8 Å². The number of rotatable bonds is 6. The molecule has 0 bridgehead atoms. The van der Waals surface area contributed by atoms with Crippen molar-refractivity contribution in [3.8, 4) is 16.8 Å². The number of hydrogen-bond acceptors (Lipinski definition) is 5. The molecule has 0 fully saturated rings. The van der Waals surface area contributed by atoms with E-state index in [2.05, 4.69) is 14.7 Å².